The summed E-state index contributed by atoms with van der Waals surface area (Å²) in [4.78, 5) is 13.4. The van der Waals surface area contributed by atoms with Gasteiger partial charge in [-0.1, -0.05) is 0 Å². The van der Waals surface area contributed by atoms with Gasteiger partial charge in [0.05, 0.1) is 18.9 Å². The number of aliphatic hydroxyl groups excluding tert-OH is 5. The minimum absolute atomic E-state index is 0.484. The molecule has 0 aliphatic heterocycles. The van der Waals surface area contributed by atoms with Crippen LogP contribution in [0.2, 0.25) is 0 Å². The first-order chi connectivity index (χ1) is 6.93. The standard InChI is InChI=1S/C7H14N2O6/c8-7(15)9-3(1-10)5(13)6(14)4(12)2-11/h4-6,10-14H,1-2H2,(H2,8,15)/b9-3+. The van der Waals surface area contributed by atoms with Crippen LogP contribution in [0.5, 0.6) is 0 Å². The molecule has 0 aromatic heterocycles. The molecule has 0 fully saturated rings. The third-order valence-electron chi connectivity index (χ3n) is 1.66. The van der Waals surface area contributed by atoms with Crippen LogP contribution in [0.4, 0.5) is 4.79 Å². The number of amides is 2. The van der Waals surface area contributed by atoms with Gasteiger partial charge in [0.25, 0.3) is 0 Å². The maximum absolute atomic E-state index is 10.4. The zero-order chi connectivity index (χ0) is 12.0. The second-order valence-electron chi connectivity index (χ2n) is 2.78. The van der Waals surface area contributed by atoms with Crippen LogP contribution < -0.4 is 5.73 Å². The summed E-state index contributed by atoms with van der Waals surface area (Å²) >= 11 is 0. The van der Waals surface area contributed by atoms with E-state index in [2.05, 4.69) is 10.7 Å². The van der Waals surface area contributed by atoms with Crippen LogP contribution in [-0.4, -0.2) is 68.8 Å². The van der Waals surface area contributed by atoms with Crippen LogP contribution >= 0.6 is 0 Å². The number of hydrogen-bond donors (Lipinski definition) is 6. The Morgan fingerprint density at radius 3 is 2.13 bits per heavy atom. The number of rotatable bonds is 5. The van der Waals surface area contributed by atoms with Crippen molar-refractivity contribution in [3.05, 3.63) is 0 Å². The van der Waals surface area contributed by atoms with Gasteiger partial charge in [0, 0.05) is 0 Å². The average molecular weight is 222 g/mol. The van der Waals surface area contributed by atoms with Crippen LogP contribution in [0.25, 0.3) is 0 Å². The first kappa shape index (κ1) is 13.9. The molecule has 3 unspecified atom stereocenters. The minimum Gasteiger partial charge on any atom is -0.394 e. The molecule has 0 saturated heterocycles. The molecule has 88 valence electrons. The summed E-state index contributed by atoms with van der Waals surface area (Å²) in [5.41, 5.74) is 4.19. The molecule has 0 aromatic rings. The Labute approximate surface area is 85.3 Å². The number of primary amides is 1. The molecule has 0 aromatic carbocycles. The van der Waals surface area contributed by atoms with E-state index < -0.39 is 43.3 Å². The Bertz CT molecular complexity index is 244. The molecule has 2 amide bonds. The molecule has 0 heterocycles. The van der Waals surface area contributed by atoms with Crippen molar-refractivity contribution in [3.8, 4) is 0 Å². The van der Waals surface area contributed by atoms with Crippen molar-refractivity contribution in [2.75, 3.05) is 13.2 Å². The van der Waals surface area contributed by atoms with Crippen molar-refractivity contribution in [1.29, 1.82) is 0 Å². The van der Waals surface area contributed by atoms with E-state index >= 15 is 0 Å². The van der Waals surface area contributed by atoms with Crippen LogP contribution in [0.1, 0.15) is 0 Å². The molecule has 15 heavy (non-hydrogen) atoms. The van der Waals surface area contributed by atoms with Crippen LogP contribution in [0.15, 0.2) is 4.99 Å². The van der Waals surface area contributed by atoms with Gasteiger partial charge in [0.15, 0.2) is 0 Å². The molecule has 0 rings (SSSR count). The highest BCUT2D eigenvalue weighted by atomic mass is 16.4. The average Bonchev–Trinajstić information content (AvgIpc) is 2.22. The Hall–Kier alpha value is -1.06. The monoisotopic (exact) mass is 222 g/mol. The molecule has 7 N–H and O–H groups in total. The summed E-state index contributed by atoms with van der Waals surface area (Å²) in [6, 6.07) is -1.15. The predicted molar refractivity (Wildman–Crippen MR) is 49.2 cm³/mol. The van der Waals surface area contributed by atoms with Crippen molar-refractivity contribution >= 4 is 11.7 Å². The molecular weight excluding hydrogens is 208 g/mol. The van der Waals surface area contributed by atoms with Crippen molar-refractivity contribution in [3.63, 3.8) is 0 Å². The molecule has 3 atom stereocenters. The zero-order valence-electron chi connectivity index (χ0n) is 7.82. The molecule has 0 aliphatic carbocycles. The summed E-state index contributed by atoms with van der Waals surface area (Å²) in [5, 5.41) is 44.6. The van der Waals surface area contributed by atoms with Gasteiger partial charge in [-0.2, -0.15) is 4.99 Å². The van der Waals surface area contributed by atoms with E-state index in [1.54, 1.807) is 0 Å². The lowest BCUT2D eigenvalue weighted by atomic mass is 10.0. The van der Waals surface area contributed by atoms with Gasteiger partial charge in [-0.05, 0) is 0 Å². The maximum atomic E-state index is 10.4. The van der Waals surface area contributed by atoms with Crippen LogP contribution in [-0.2, 0) is 0 Å². The lowest BCUT2D eigenvalue weighted by Crippen LogP contribution is -2.45. The van der Waals surface area contributed by atoms with E-state index in [4.69, 9.17) is 15.3 Å². The Kier molecular flexibility index (Phi) is 5.97. The second-order valence-corrected chi connectivity index (χ2v) is 2.78. The summed E-state index contributed by atoms with van der Waals surface area (Å²) < 4.78 is 0. The summed E-state index contributed by atoms with van der Waals surface area (Å²) in [7, 11) is 0. The molecule has 0 saturated carbocycles. The molecule has 8 nitrogen and oxygen atoms in total. The topological polar surface area (TPSA) is 157 Å². The SMILES string of the molecule is NC(=O)/N=C(\CO)C(O)C(O)C(O)CO. The molecular formula is C7H14N2O6. The van der Waals surface area contributed by atoms with E-state index in [0.29, 0.717) is 0 Å². The first-order valence-electron chi connectivity index (χ1n) is 4.06. The first-order valence-corrected chi connectivity index (χ1v) is 4.06. The van der Waals surface area contributed by atoms with Gasteiger partial charge < -0.3 is 31.3 Å². The molecule has 0 bridgehead atoms. The molecule has 0 radical (unpaired) electrons. The third kappa shape index (κ3) is 4.32. The van der Waals surface area contributed by atoms with Gasteiger partial charge in [-0.15, -0.1) is 0 Å². The van der Waals surface area contributed by atoms with E-state index in [9.17, 15) is 15.0 Å². The van der Waals surface area contributed by atoms with Crippen molar-refractivity contribution in [1.82, 2.24) is 0 Å². The lowest BCUT2D eigenvalue weighted by Gasteiger charge is -2.21. The third-order valence-corrected chi connectivity index (χ3v) is 1.66. The number of aliphatic imine (C=N–C) groups is 1. The Morgan fingerprint density at radius 2 is 1.80 bits per heavy atom. The lowest BCUT2D eigenvalue weighted by molar-refractivity contribution is -0.0564. The molecule has 8 heteroatoms. The smallest absolute Gasteiger partial charge is 0.338 e. The van der Waals surface area contributed by atoms with Crippen molar-refractivity contribution < 1.29 is 30.3 Å². The fraction of sp³-hybridized carbons (Fsp3) is 0.714. The van der Waals surface area contributed by atoms with E-state index in [-0.39, 0.29) is 0 Å². The summed E-state index contributed by atoms with van der Waals surface area (Å²) in [6.45, 7) is -1.59. The zero-order valence-corrected chi connectivity index (χ0v) is 7.82. The van der Waals surface area contributed by atoms with Gasteiger partial charge in [0.2, 0.25) is 0 Å². The van der Waals surface area contributed by atoms with Gasteiger partial charge in [-0.25, -0.2) is 4.79 Å². The number of aliphatic hydroxyl groups is 5. The molecule has 0 spiro atoms. The fourth-order valence-corrected chi connectivity index (χ4v) is 0.852. The predicted octanol–water partition coefficient (Wildman–Crippen LogP) is -3.43. The van der Waals surface area contributed by atoms with Gasteiger partial charge in [-0.3, -0.25) is 0 Å². The van der Waals surface area contributed by atoms with Crippen molar-refractivity contribution in [2.24, 2.45) is 10.7 Å². The minimum atomic E-state index is -1.77. The number of carbonyl (C=O) groups is 1. The van der Waals surface area contributed by atoms with Crippen LogP contribution in [0.3, 0.4) is 0 Å². The largest absolute Gasteiger partial charge is 0.394 e. The number of urea groups is 1. The second kappa shape index (κ2) is 6.43. The highest BCUT2D eigenvalue weighted by Crippen LogP contribution is 2.02. The number of carbonyl (C=O) groups excluding carboxylic acids is 1. The van der Waals surface area contributed by atoms with Crippen molar-refractivity contribution in [2.45, 2.75) is 18.3 Å². The maximum Gasteiger partial charge on any atom is 0.338 e. The van der Waals surface area contributed by atoms with Gasteiger partial charge in [0.1, 0.15) is 18.3 Å². The number of hydrogen-bond acceptors (Lipinski definition) is 6. The van der Waals surface area contributed by atoms with E-state index in [0.717, 1.165) is 0 Å². The highest BCUT2D eigenvalue weighted by Gasteiger charge is 2.28. The van der Waals surface area contributed by atoms with Gasteiger partial charge >= 0.3 is 6.03 Å². The number of nitrogens with two attached hydrogens (primary N) is 1. The summed E-state index contributed by atoms with van der Waals surface area (Å²) in [5.74, 6) is 0. The quantitative estimate of drug-likeness (QED) is 0.266. The summed E-state index contributed by atoms with van der Waals surface area (Å²) in [6.07, 6.45) is -5.14. The Morgan fingerprint density at radius 1 is 1.27 bits per heavy atom. The van der Waals surface area contributed by atoms with E-state index in [1.165, 1.54) is 0 Å². The number of nitrogens with zero attached hydrogens (tertiary/aromatic N) is 1. The Balaban J connectivity index is 4.64. The normalized spacial score (nSPS) is 18.3. The molecule has 0 aliphatic rings. The highest BCUT2D eigenvalue weighted by molar-refractivity contribution is 5.98. The van der Waals surface area contributed by atoms with E-state index in [1.807, 2.05) is 0 Å². The van der Waals surface area contributed by atoms with Crippen LogP contribution in [0, 0.1) is 0 Å². The fourth-order valence-electron chi connectivity index (χ4n) is 0.852.